The van der Waals surface area contributed by atoms with Crippen LogP contribution in [0.3, 0.4) is 0 Å². The maximum atomic E-state index is 5.92. The Morgan fingerprint density at radius 1 is 0.952 bits per heavy atom. The molecule has 2 aromatic carbocycles. The Bertz CT molecular complexity index is 554. The standard InChI is InChI=1S/C18H23NO2/c1-19-11-10-16-7-3-4-8-17(16)14-21-18-9-5-6-15(12-18)13-20-2/h3-9,12,19H,10-11,13-14H2,1-2H3. The first-order valence-electron chi connectivity index (χ1n) is 7.25. The number of benzene rings is 2. The van der Waals surface area contributed by atoms with E-state index in [1.165, 1.54) is 11.1 Å². The van der Waals surface area contributed by atoms with Gasteiger partial charge in [-0.1, -0.05) is 36.4 Å². The van der Waals surface area contributed by atoms with Gasteiger partial charge >= 0.3 is 0 Å². The Labute approximate surface area is 126 Å². The van der Waals surface area contributed by atoms with E-state index >= 15 is 0 Å². The summed E-state index contributed by atoms with van der Waals surface area (Å²) in [6, 6.07) is 16.5. The minimum atomic E-state index is 0.594. The maximum Gasteiger partial charge on any atom is 0.120 e. The highest BCUT2D eigenvalue weighted by Crippen LogP contribution is 2.17. The first-order chi connectivity index (χ1) is 10.3. The molecule has 0 heterocycles. The van der Waals surface area contributed by atoms with Gasteiger partial charge in [0.15, 0.2) is 0 Å². The molecule has 21 heavy (non-hydrogen) atoms. The van der Waals surface area contributed by atoms with Crippen molar-refractivity contribution < 1.29 is 9.47 Å². The summed E-state index contributed by atoms with van der Waals surface area (Å²) in [5.74, 6) is 0.882. The van der Waals surface area contributed by atoms with E-state index in [0.717, 1.165) is 24.3 Å². The second kappa shape index (κ2) is 8.45. The average molecular weight is 285 g/mol. The van der Waals surface area contributed by atoms with Crippen molar-refractivity contribution in [1.29, 1.82) is 0 Å². The topological polar surface area (TPSA) is 30.5 Å². The largest absolute Gasteiger partial charge is 0.489 e. The van der Waals surface area contributed by atoms with E-state index in [1.807, 2.05) is 31.3 Å². The Morgan fingerprint density at radius 3 is 2.52 bits per heavy atom. The molecule has 3 heteroatoms. The first kappa shape index (κ1) is 15.5. The van der Waals surface area contributed by atoms with Crippen LogP contribution in [0.25, 0.3) is 0 Å². The zero-order valence-electron chi connectivity index (χ0n) is 12.8. The third-order valence-corrected chi connectivity index (χ3v) is 3.37. The summed E-state index contributed by atoms with van der Waals surface area (Å²) < 4.78 is 11.1. The van der Waals surface area contributed by atoms with E-state index in [-0.39, 0.29) is 0 Å². The molecule has 0 aliphatic carbocycles. The second-order valence-electron chi connectivity index (χ2n) is 4.99. The lowest BCUT2D eigenvalue weighted by molar-refractivity contribution is 0.184. The highest BCUT2D eigenvalue weighted by molar-refractivity contribution is 5.30. The van der Waals surface area contributed by atoms with Crippen LogP contribution in [0.2, 0.25) is 0 Å². The molecule has 3 nitrogen and oxygen atoms in total. The molecule has 0 radical (unpaired) electrons. The van der Waals surface area contributed by atoms with E-state index in [1.54, 1.807) is 7.11 Å². The Hall–Kier alpha value is -1.84. The molecule has 0 aliphatic rings. The van der Waals surface area contributed by atoms with Gasteiger partial charge in [-0.3, -0.25) is 0 Å². The zero-order valence-corrected chi connectivity index (χ0v) is 12.8. The van der Waals surface area contributed by atoms with Crippen LogP contribution in [-0.2, 0) is 24.4 Å². The van der Waals surface area contributed by atoms with E-state index in [9.17, 15) is 0 Å². The maximum absolute atomic E-state index is 5.92. The molecule has 1 N–H and O–H groups in total. The van der Waals surface area contributed by atoms with Gasteiger partial charge in [0, 0.05) is 7.11 Å². The normalized spacial score (nSPS) is 10.6. The fraction of sp³-hybridized carbons (Fsp3) is 0.333. The van der Waals surface area contributed by atoms with Gasteiger partial charge in [0.05, 0.1) is 6.61 Å². The summed E-state index contributed by atoms with van der Waals surface area (Å²) in [4.78, 5) is 0. The number of hydrogen-bond acceptors (Lipinski definition) is 3. The molecule has 112 valence electrons. The minimum absolute atomic E-state index is 0.594. The summed E-state index contributed by atoms with van der Waals surface area (Å²) in [5, 5.41) is 3.18. The average Bonchev–Trinajstić information content (AvgIpc) is 2.52. The van der Waals surface area contributed by atoms with Gasteiger partial charge in [0.25, 0.3) is 0 Å². The van der Waals surface area contributed by atoms with Gasteiger partial charge in [0.1, 0.15) is 12.4 Å². The predicted octanol–water partition coefficient (Wildman–Crippen LogP) is 3.17. The van der Waals surface area contributed by atoms with E-state index in [2.05, 4.69) is 29.6 Å². The zero-order chi connectivity index (χ0) is 14.9. The fourth-order valence-corrected chi connectivity index (χ4v) is 2.25. The van der Waals surface area contributed by atoms with Crippen molar-refractivity contribution in [2.75, 3.05) is 20.7 Å². The quantitative estimate of drug-likeness (QED) is 0.808. The minimum Gasteiger partial charge on any atom is -0.489 e. The van der Waals surface area contributed by atoms with Crippen LogP contribution < -0.4 is 10.1 Å². The third kappa shape index (κ3) is 4.88. The smallest absolute Gasteiger partial charge is 0.120 e. The molecule has 0 saturated carbocycles. The van der Waals surface area contributed by atoms with Crippen molar-refractivity contribution >= 4 is 0 Å². The molecule has 2 aromatic rings. The lowest BCUT2D eigenvalue weighted by atomic mass is 10.1. The molecule has 0 aliphatic heterocycles. The van der Waals surface area contributed by atoms with Crippen molar-refractivity contribution in [3.63, 3.8) is 0 Å². The van der Waals surface area contributed by atoms with Gasteiger partial charge < -0.3 is 14.8 Å². The van der Waals surface area contributed by atoms with Crippen LogP contribution in [0.1, 0.15) is 16.7 Å². The predicted molar refractivity (Wildman–Crippen MR) is 85.6 cm³/mol. The molecule has 0 saturated heterocycles. The molecule has 2 rings (SSSR count). The molecule has 0 fully saturated rings. The first-order valence-corrected chi connectivity index (χ1v) is 7.25. The third-order valence-electron chi connectivity index (χ3n) is 3.37. The molecule has 0 amide bonds. The van der Waals surface area contributed by atoms with Crippen LogP contribution >= 0.6 is 0 Å². The van der Waals surface area contributed by atoms with Crippen LogP contribution in [0.4, 0.5) is 0 Å². The number of likely N-dealkylation sites (N-methyl/N-ethyl adjacent to an activating group) is 1. The van der Waals surface area contributed by atoms with Gasteiger partial charge in [-0.15, -0.1) is 0 Å². The van der Waals surface area contributed by atoms with Crippen LogP contribution in [0, 0.1) is 0 Å². The van der Waals surface area contributed by atoms with Crippen molar-refractivity contribution in [3.8, 4) is 5.75 Å². The SMILES string of the molecule is CNCCc1ccccc1COc1cccc(COC)c1. The lowest BCUT2D eigenvalue weighted by Crippen LogP contribution is -2.12. The summed E-state index contributed by atoms with van der Waals surface area (Å²) in [6.45, 7) is 2.17. The second-order valence-corrected chi connectivity index (χ2v) is 4.99. The van der Waals surface area contributed by atoms with Crippen molar-refractivity contribution in [1.82, 2.24) is 5.32 Å². The molecule has 0 unspecified atom stereocenters. The lowest BCUT2D eigenvalue weighted by Gasteiger charge is -2.12. The summed E-state index contributed by atoms with van der Waals surface area (Å²) >= 11 is 0. The fourth-order valence-electron chi connectivity index (χ4n) is 2.25. The number of rotatable bonds is 8. The molecular formula is C18H23NO2. The Balaban J connectivity index is 2.00. The number of ether oxygens (including phenoxy) is 2. The molecule has 0 spiro atoms. The number of nitrogens with one attached hydrogen (secondary N) is 1. The van der Waals surface area contributed by atoms with Crippen molar-refractivity contribution in [2.45, 2.75) is 19.6 Å². The van der Waals surface area contributed by atoms with Crippen LogP contribution in [0.5, 0.6) is 5.75 Å². The summed E-state index contributed by atoms with van der Waals surface area (Å²) in [5.41, 5.74) is 3.70. The van der Waals surface area contributed by atoms with E-state index < -0.39 is 0 Å². The van der Waals surface area contributed by atoms with Crippen molar-refractivity contribution in [2.24, 2.45) is 0 Å². The molecule has 0 aromatic heterocycles. The van der Waals surface area contributed by atoms with Crippen LogP contribution in [-0.4, -0.2) is 20.7 Å². The van der Waals surface area contributed by atoms with Gasteiger partial charge in [-0.2, -0.15) is 0 Å². The highest BCUT2D eigenvalue weighted by atomic mass is 16.5. The summed E-state index contributed by atoms with van der Waals surface area (Å²) in [6.07, 6.45) is 1.01. The monoisotopic (exact) mass is 285 g/mol. The highest BCUT2D eigenvalue weighted by Gasteiger charge is 2.03. The van der Waals surface area contributed by atoms with E-state index in [0.29, 0.717) is 13.2 Å². The van der Waals surface area contributed by atoms with Crippen molar-refractivity contribution in [3.05, 3.63) is 65.2 Å². The molecular weight excluding hydrogens is 262 g/mol. The Kier molecular flexibility index (Phi) is 6.25. The summed E-state index contributed by atoms with van der Waals surface area (Å²) in [7, 11) is 3.67. The number of hydrogen-bond donors (Lipinski definition) is 1. The van der Waals surface area contributed by atoms with Gasteiger partial charge in [-0.05, 0) is 48.8 Å². The van der Waals surface area contributed by atoms with Gasteiger partial charge in [-0.25, -0.2) is 0 Å². The number of methoxy groups -OCH3 is 1. The molecule has 0 bridgehead atoms. The Morgan fingerprint density at radius 2 is 1.76 bits per heavy atom. The van der Waals surface area contributed by atoms with Gasteiger partial charge in [0.2, 0.25) is 0 Å². The molecule has 0 atom stereocenters. The van der Waals surface area contributed by atoms with E-state index in [4.69, 9.17) is 9.47 Å². The van der Waals surface area contributed by atoms with Crippen LogP contribution in [0.15, 0.2) is 48.5 Å².